The lowest BCUT2D eigenvalue weighted by Crippen LogP contribution is -2.36. The highest BCUT2D eigenvalue weighted by molar-refractivity contribution is 7.80. The zero-order chi connectivity index (χ0) is 7.82. The summed E-state index contributed by atoms with van der Waals surface area (Å²) in [5.74, 6) is 0. The van der Waals surface area contributed by atoms with E-state index in [1.165, 1.54) is 0 Å². The van der Waals surface area contributed by atoms with Crippen molar-refractivity contribution in [2.24, 2.45) is 0 Å². The van der Waals surface area contributed by atoms with Crippen LogP contribution in [0.15, 0.2) is 0 Å². The summed E-state index contributed by atoms with van der Waals surface area (Å²) in [5, 5.41) is 6.53. The summed E-state index contributed by atoms with van der Waals surface area (Å²) in [7, 11) is 1.62. The van der Waals surface area contributed by atoms with Crippen molar-refractivity contribution in [2.45, 2.75) is 13.3 Å². The third kappa shape index (κ3) is 5.78. The second-order valence-electron chi connectivity index (χ2n) is 1.87. The molecule has 0 aromatic carbocycles. The molecule has 0 aliphatic carbocycles. The van der Waals surface area contributed by atoms with Gasteiger partial charge in [0.05, 0.1) is 0 Å². The van der Waals surface area contributed by atoms with E-state index < -0.39 is 0 Å². The number of nitrogens with one attached hydrogen (secondary N) is 2. The van der Waals surface area contributed by atoms with E-state index in [1.807, 2.05) is 0 Å². The average molecular weight is 162 g/mol. The zero-order valence-corrected chi connectivity index (χ0v) is 7.25. The topological polar surface area (TPSA) is 33.3 Å². The lowest BCUT2D eigenvalue weighted by Gasteiger charge is -2.07. The number of hydrogen-bond acceptors (Lipinski definition) is 2. The van der Waals surface area contributed by atoms with Crippen LogP contribution in [0.2, 0.25) is 0 Å². The Bertz CT molecular complexity index is 87.7. The van der Waals surface area contributed by atoms with Crippen LogP contribution in [-0.2, 0) is 4.74 Å². The molecule has 10 heavy (non-hydrogen) atoms. The Morgan fingerprint density at radius 2 is 2.20 bits per heavy atom. The normalized spacial score (nSPS) is 9.00. The first-order chi connectivity index (χ1) is 4.81. The molecule has 2 N–H and O–H groups in total. The maximum atomic E-state index is 4.88. The van der Waals surface area contributed by atoms with E-state index in [0.717, 1.165) is 13.0 Å². The summed E-state index contributed by atoms with van der Waals surface area (Å²) in [4.78, 5) is 0. The molecule has 3 nitrogen and oxygen atoms in total. The molecule has 4 heteroatoms. The molecule has 0 saturated carbocycles. The van der Waals surface area contributed by atoms with Crippen molar-refractivity contribution in [2.75, 3.05) is 20.4 Å². The minimum Gasteiger partial charge on any atom is -0.365 e. The Morgan fingerprint density at radius 1 is 1.50 bits per heavy atom. The molecular formula is C6H14N2OS. The third-order valence-corrected chi connectivity index (χ3v) is 1.20. The number of rotatable bonds is 4. The van der Waals surface area contributed by atoms with Crippen molar-refractivity contribution in [1.82, 2.24) is 10.6 Å². The van der Waals surface area contributed by atoms with Crippen LogP contribution in [0, 0.1) is 0 Å². The molecule has 0 amide bonds. The molecule has 0 unspecified atom stereocenters. The van der Waals surface area contributed by atoms with Gasteiger partial charge in [-0.15, -0.1) is 0 Å². The van der Waals surface area contributed by atoms with Gasteiger partial charge in [0, 0.05) is 13.7 Å². The molecule has 0 atom stereocenters. The number of methoxy groups -OCH3 is 1. The van der Waals surface area contributed by atoms with Crippen molar-refractivity contribution in [3.8, 4) is 0 Å². The Balaban J connectivity index is 3.09. The standard InChI is InChI=1S/C6H14N2OS/c1-3-4-7-6(10)8-5-9-2/h3-5H2,1-2H3,(H2,7,8,10). The van der Waals surface area contributed by atoms with Crippen molar-refractivity contribution >= 4 is 17.3 Å². The molecule has 0 spiro atoms. The maximum Gasteiger partial charge on any atom is 0.168 e. The van der Waals surface area contributed by atoms with Crippen molar-refractivity contribution < 1.29 is 4.74 Å². The summed E-state index contributed by atoms with van der Waals surface area (Å²) in [5.41, 5.74) is 0. The lowest BCUT2D eigenvalue weighted by atomic mass is 10.5. The van der Waals surface area contributed by atoms with Crippen LogP contribution >= 0.6 is 12.2 Å². The summed E-state index contributed by atoms with van der Waals surface area (Å²) in [6.07, 6.45) is 1.08. The summed E-state index contributed by atoms with van der Waals surface area (Å²) >= 11 is 4.88. The second-order valence-corrected chi connectivity index (χ2v) is 2.27. The van der Waals surface area contributed by atoms with Crippen LogP contribution in [0.3, 0.4) is 0 Å². The van der Waals surface area contributed by atoms with Gasteiger partial charge in [-0.25, -0.2) is 0 Å². The highest BCUT2D eigenvalue weighted by atomic mass is 32.1. The van der Waals surface area contributed by atoms with Crippen LogP contribution in [-0.4, -0.2) is 25.5 Å². The number of hydrogen-bond donors (Lipinski definition) is 2. The Kier molecular flexibility index (Phi) is 6.53. The number of ether oxygens (including phenoxy) is 1. The van der Waals surface area contributed by atoms with Crippen molar-refractivity contribution in [3.05, 3.63) is 0 Å². The van der Waals surface area contributed by atoms with Crippen LogP contribution in [0.4, 0.5) is 0 Å². The fraction of sp³-hybridized carbons (Fsp3) is 0.833. The third-order valence-electron chi connectivity index (χ3n) is 0.913. The highest BCUT2D eigenvalue weighted by Gasteiger charge is 1.89. The van der Waals surface area contributed by atoms with E-state index >= 15 is 0 Å². The van der Waals surface area contributed by atoms with Crippen LogP contribution in [0.1, 0.15) is 13.3 Å². The first kappa shape index (κ1) is 9.65. The van der Waals surface area contributed by atoms with Crippen LogP contribution < -0.4 is 10.6 Å². The smallest absolute Gasteiger partial charge is 0.168 e. The van der Waals surface area contributed by atoms with Gasteiger partial charge in [0.1, 0.15) is 6.73 Å². The molecule has 0 aromatic heterocycles. The summed E-state index contributed by atoms with van der Waals surface area (Å²) < 4.78 is 4.75. The maximum absolute atomic E-state index is 4.88. The second kappa shape index (κ2) is 6.77. The molecule has 0 bridgehead atoms. The minimum atomic E-state index is 0.468. The van der Waals surface area contributed by atoms with Gasteiger partial charge < -0.3 is 15.4 Å². The Labute approximate surface area is 67.1 Å². The van der Waals surface area contributed by atoms with Gasteiger partial charge in [-0.3, -0.25) is 0 Å². The minimum absolute atomic E-state index is 0.468. The molecule has 0 aromatic rings. The molecule has 60 valence electrons. The van der Waals surface area contributed by atoms with Gasteiger partial charge >= 0.3 is 0 Å². The fourth-order valence-corrected chi connectivity index (χ4v) is 0.600. The monoisotopic (exact) mass is 162 g/mol. The Hall–Kier alpha value is -0.350. The lowest BCUT2D eigenvalue weighted by molar-refractivity contribution is 0.192. The molecule has 0 aliphatic heterocycles. The molecular weight excluding hydrogens is 148 g/mol. The van der Waals surface area contributed by atoms with Gasteiger partial charge in [0.25, 0.3) is 0 Å². The predicted molar refractivity (Wildman–Crippen MR) is 45.9 cm³/mol. The highest BCUT2D eigenvalue weighted by Crippen LogP contribution is 1.71. The summed E-state index contributed by atoms with van der Waals surface area (Å²) in [6.45, 7) is 3.47. The van der Waals surface area contributed by atoms with E-state index in [9.17, 15) is 0 Å². The first-order valence-electron chi connectivity index (χ1n) is 3.32. The van der Waals surface area contributed by atoms with Gasteiger partial charge in [-0.2, -0.15) is 0 Å². The van der Waals surface area contributed by atoms with Crippen molar-refractivity contribution in [1.29, 1.82) is 0 Å². The van der Waals surface area contributed by atoms with E-state index in [1.54, 1.807) is 7.11 Å². The quantitative estimate of drug-likeness (QED) is 0.465. The zero-order valence-electron chi connectivity index (χ0n) is 6.44. The van der Waals surface area contributed by atoms with Gasteiger partial charge in [-0.1, -0.05) is 6.92 Å². The molecule has 0 heterocycles. The SMILES string of the molecule is CCCNC(=S)NCOC. The molecule has 0 fully saturated rings. The average Bonchev–Trinajstić information content (AvgIpc) is 1.97. The van der Waals surface area contributed by atoms with E-state index in [-0.39, 0.29) is 0 Å². The largest absolute Gasteiger partial charge is 0.365 e. The van der Waals surface area contributed by atoms with E-state index in [0.29, 0.717) is 11.8 Å². The van der Waals surface area contributed by atoms with E-state index in [4.69, 9.17) is 17.0 Å². The van der Waals surface area contributed by atoms with Gasteiger partial charge in [0.15, 0.2) is 5.11 Å². The summed E-state index contributed by atoms with van der Waals surface area (Å²) in [6, 6.07) is 0. The molecule has 0 radical (unpaired) electrons. The molecule has 0 aliphatic rings. The van der Waals surface area contributed by atoms with E-state index in [2.05, 4.69) is 17.6 Å². The van der Waals surface area contributed by atoms with Gasteiger partial charge in [-0.05, 0) is 18.6 Å². The first-order valence-corrected chi connectivity index (χ1v) is 3.72. The van der Waals surface area contributed by atoms with Gasteiger partial charge in [0.2, 0.25) is 0 Å². The van der Waals surface area contributed by atoms with Crippen LogP contribution in [0.25, 0.3) is 0 Å². The van der Waals surface area contributed by atoms with Crippen LogP contribution in [0.5, 0.6) is 0 Å². The van der Waals surface area contributed by atoms with Crippen molar-refractivity contribution in [3.63, 3.8) is 0 Å². The fourth-order valence-electron chi connectivity index (χ4n) is 0.439. The Morgan fingerprint density at radius 3 is 2.70 bits per heavy atom. The molecule has 0 saturated heterocycles. The molecule has 0 rings (SSSR count). The predicted octanol–water partition coefficient (Wildman–Crippen LogP) is 0.464. The number of thiocarbonyl (C=S) groups is 1.